The van der Waals surface area contributed by atoms with Crippen LogP contribution >= 0.6 is 0 Å². The lowest BCUT2D eigenvalue weighted by Crippen LogP contribution is -2.29. The fourth-order valence-corrected chi connectivity index (χ4v) is 1.87. The molecule has 3 nitrogen and oxygen atoms in total. The fraction of sp³-hybridized carbons (Fsp3) is 0.533. The molecule has 0 saturated heterocycles. The number of nitrogens with one attached hydrogen (secondary N) is 1. The molecule has 0 spiro atoms. The highest BCUT2D eigenvalue weighted by Gasteiger charge is 2.34. The predicted octanol–water partition coefficient (Wildman–Crippen LogP) is 3.29. The minimum atomic E-state index is -4.53. The zero-order chi connectivity index (χ0) is 16.0. The molecule has 0 aromatic heterocycles. The van der Waals surface area contributed by atoms with Gasteiger partial charge in [0.2, 0.25) is 5.91 Å². The summed E-state index contributed by atoms with van der Waals surface area (Å²) >= 11 is 0. The van der Waals surface area contributed by atoms with Gasteiger partial charge in [-0.2, -0.15) is 13.2 Å². The van der Waals surface area contributed by atoms with Gasteiger partial charge in [-0.15, -0.1) is 0 Å². The molecule has 0 bridgehead atoms. The SMILES string of the molecule is CC(C)CCC(=O)NCC(O)c1ccccc1C(F)(F)F. The molecule has 1 unspecified atom stereocenters. The Bertz CT molecular complexity index is 472. The van der Waals surface area contributed by atoms with Crippen LogP contribution in [0.3, 0.4) is 0 Å². The maximum Gasteiger partial charge on any atom is 0.416 e. The molecular weight excluding hydrogens is 283 g/mol. The lowest BCUT2D eigenvalue weighted by molar-refractivity contribution is -0.139. The van der Waals surface area contributed by atoms with E-state index >= 15 is 0 Å². The zero-order valence-corrected chi connectivity index (χ0v) is 12.1. The molecule has 6 heteroatoms. The van der Waals surface area contributed by atoms with Gasteiger partial charge in [0, 0.05) is 13.0 Å². The summed E-state index contributed by atoms with van der Waals surface area (Å²) in [7, 11) is 0. The molecule has 0 fully saturated rings. The van der Waals surface area contributed by atoms with E-state index < -0.39 is 17.8 Å². The van der Waals surface area contributed by atoms with E-state index in [0.29, 0.717) is 18.8 Å². The van der Waals surface area contributed by atoms with Gasteiger partial charge >= 0.3 is 6.18 Å². The van der Waals surface area contributed by atoms with Crippen molar-refractivity contribution >= 4 is 5.91 Å². The highest BCUT2D eigenvalue weighted by Crippen LogP contribution is 2.34. The average Bonchev–Trinajstić information content (AvgIpc) is 2.41. The maximum atomic E-state index is 12.8. The number of carbonyl (C=O) groups excluding carboxylic acids is 1. The van der Waals surface area contributed by atoms with Crippen LogP contribution in [0.4, 0.5) is 13.2 Å². The Hall–Kier alpha value is -1.56. The quantitative estimate of drug-likeness (QED) is 0.847. The molecule has 1 aromatic rings. The number of halogens is 3. The van der Waals surface area contributed by atoms with E-state index in [1.165, 1.54) is 18.2 Å². The molecule has 0 aliphatic rings. The van der Waals surface area contributed by atoms with Gasteiger partial charge in [0.1, 0.15) is 0 Å². The summed E-state index contributed by atoms with van der Waals surface area (Å²) in [5, 5.41) is 12.3. The monoisotopic (exact) mass is 303 g/mol. The Kier molecular flexibility index (Phi) is 6.20. The van der Waals surface area contributed by atoms with E-state index in [0.717, 1.165) is 6.07 Å². The molecule has 0 aliphatic carbocycles. The molecule has 0 aliphatic heterocycles. The van der Waals surface area contributed by atoms with Gasteiger partial charge in [-0.3, -0.25) is 4.79 Å². The molecule has 21 heavy (non-hydrogen) atoms. The van der Waals surface area contributed by atoms with E-state index in [1.807, 2.05) is 13.8 Å². The van der Waals surface area contributed by atoms with E-state index in [-0.39, 0.29) is 18.0 Å². The molecule has 1 amide bonds. The summed E-state index contributed by atoms with van der Waals surface area (Å²) < 4.78 is 38.5. The first-order chi connectivity index (χ1) is 9.71. The number of aliphatic hydroxyl groups excluding tert-OH is 1. The minimum absolute atomic E-state index is 0.228. The van der Waals surface area contributed by atoms with Crippen LogP contribution in [-0.4, -0.2) is 17.6 Å². The number of amides is 1. The Morgan fingerprint density at radius 2 is 1.90 bits per heavy atom. The average molecular weight is 303 g/mol. The lowest BCUT2D eigenvalue weighted by Gasteiger charge is -2.18. The number of rotatable bonds is 6. The van der Waals surface area contributed by atoms with E-state index in [9.17, 15) is 23.1 Å². The second kappa shape index (κ2) is 7.45. The third-order valence-corrected chi connectivity index (χ3v) is 3.07. The number of hydrogen-bond acceptors (Lipinski definition) is 2. The van der Waals surface area contributed by atoms with Gasteiger partial charge < -0.3 is 10.4 Å². The molecule has 0 heterocycles. The Labute approximate surface area is 122 Å². The molecule has 2 N–H and O–H groups in total. The van der Waals surface area contributed by atoms with Crippen LogP contribution in [0.5, 0.6) is 0 Å². The molecular formula is C15H20F3NO2. The van der Waals surface area contributed by atoms with Gasteiger partial charge in [-0.1, -0.05) is 32.0 Å². The van der Waals surface area contributed by atoms with Crippen molar-refractivity contribution in [3.63, 3.8) is 0 Å². The zero-order valence-electron chi connectivity index (χ0n) is 12.1. The van der Waals surface area contributed by atoms with Crippen LogP contribution in [-0.2, 0) is 11.0 Å². The molecule has 0 saturated carbocycles. The predicted molar refractivity (Wildman–Crippen MR) is 73.5 cm³/mol. The van der Waals surface area contributed by atoms with E-state index in [2.05, 4.69) is 5.32 Å². The van der Waals surface area contributed by atoms with Crippen LogP contribution in [0.25, 0.3) is 0 Å². The van der Waals surface area contributed by atoms with Gasteiger partial charge in [0.05, 0.1) is 11.7 Å². The highest BCUT2D eigenvalue weighted by atomic mass is 19.4. The summed E-state index contributed by atoms with van der Waals surface area (Å²) in [6, 6.07) is 4.82. The number of benzene rings is 1. The maximum absolute atomic E-state index is 12.8. The van der Waals surface area contributed by atoms with Crippen molar-refractivity contribution in [2.45, 2.75) is 39.0 Å². The van der Waals surface area contributed by atoms with Crippen molar-refractivity contribution in [2.24, 2.45) is 5.92 Å². The second-order valence-corrected chi connectivity index (χ2v) is 5.34. The van der Waals surface area contributed by atoms with Crippen LogP contribution in [0.1, 0.15) is 43.9 Å². The Morgan fingerprint density at radius 1 is 1.29 bits per heavy atom. The molecule has 1 aromatic carbocycles. The fourth-order valence-electron chi connectivity index (χ4n) is 1.87. The Balaban J connectivity index is 2.64. The first kappa shape index (κ1) is 17.5. The van der Waals surface area contributed by atoms with Crippen molar-refractivity contribution in [3.05, 3.63) is 35.4 Å². The van der Waals surface area contributed by atoms with Crippen molar-refractivity contribution in [3.8, 4) is 0 Å². The molecule has 1 rings (SSSR count). The third kappa shape index (κ3) is 5.75. The summed E-state index contributed by atoms with van der Waals surface area (Å²) in [4.78, 5) is 11.5. The van der Waals surface area contributed by atoms with E-state index in [1.54, 1.807) is 0 Å². The largest absolute Gasteiger partial charge is 0.416 e. The summed E-state index contributed by atoms with van der Waals surface area (Å²) in [6.45, 7) is 3.72. The standard InChI is InChI=1S/C15H20F3NO2/c1-10(2)7-8-14(21)19-9-13(20)11-5-3-4-6-12(11)15(16,17)18/h3-6,10,13,20H,7-9H2,1-2H3,(H,19,21). The van der Waals surface area contributed by atoms with Crippen LogP contribution < -0.4 is 5.32 Å². The summed E-state index contributed by atoms with van der Waals surface area (Å²) in [6.07, 6.45) is -4.92. The van der Waals surface area contributed by atoms with Gasteiger partial charge in [0.15, 0.2) is 0 Å². The topological polar surface area (TPSA) is 49.3 Å². The number of aliphatic hydroxyl groups is 1. The summed E-state index contributed by atoms with van der Waals surface area (Å²) in [5.41, 5.74) is -1.11. The first-order valence-electron chi connectivity index (χ1n) is 6.82. The van der Waals surface area contributed by atoms with Gasteiger partial charge in [-0.05, 0) is 24.0 Å². The molecule has 118 valence electrons. The highest BCUT2D eigenvalue weighted by molar-refractivity contribution is 5.75. The second-order valence-electron chi connectivity index (χ2n) is 5.34. The van der Waals surface area contributed by atoms with Crippen LogP contribution in [0.15, 0.2) is 24.3 Å². The van der Waals surface area contributed by atoms with Gasteiger partial charge in [-0.25, -0.2) is 0 Å². The van der Waals surface area contributed by atoms with E-state index in [4.69, 9.17) is 0 Å². The van der Waals surface area contributed by atoms with Crippen molar-refractivity contribution in [1.29, 1.82) is 0 Å². The number of carbonyl (C=O) groups is 1. The van der Waals surface area contributed by atoms with Crippen LogP contribution in [0, 0.1) is 5.92 Å². The smallest absolute Gasteiger partial charge is 0.387 e. The molecule has 0 radical (unpaired) electrons. The number of hydrogen-bond donors (Lipinski definition) is 2. The normalized spacial score (nSPS) is 13.3. The summed E-state index contributed by atoms with van der Waals surface area (Å²) in [5.74, 6) is 0.0962. The minimum Gasteiger partial charge on any atom is -0.387 e. The first-order valence-corrected chi connectivity index (χ1v) is 6.82. The lowest BCUT2D eigenvalue weighted by atomic mass is 10.0. The third-order valence-electron chi connectivity index (χ3n) is 3.07. The van der Waals surface area contributed by atoms with Crippen molar-refractivity contribution < 1.29 is 23.1 Å². The number of alkyl halides is 3. The van der Waals surface area contributed by atoms with Crippen molar-refractivity contribution in [1.82, 2.24) is 5.32 Å². The van der Waals surface area contributed by atoms with Gasteiger partial charge in [0.25, 0.3) is 0 Å². The van der Waals surface area contributed by atoms with Crippen LogP contribution in [0.2, 0.25) is 0 Å². The van der Waals surface area contributed by atoms with Crippen molar-refractivity contribution in [2.75, 3.05) is 6.54 Å². The Morgan fingerprint density at radius 3 is 2.48 bits per heavy atom. The molecule has 1 atom stereocenters.